The number of fused-ring (bicyclic) bond motifs is 1. The van der Waals surface area contributed by atoms with Crippen LogP contribution in [0, 0.1) is 11.8 Å². The topological polar surface area (TPSA) is 87.1 Å². The third-order valence-corrected chi connectivity index (χ3v) is 10.7. The van der Waals surface area contributed by atoms with Gasteiger partial charge in [-0.25, -0.2) is 0 Å². The van der Waals surface area contributed by atoms with Gasteiger partial charge in [0.05, 0.1) is 35.8 Å². The number of allylic oxidation sites excluding steroid dienone is 1. The van der Waals surface area contributed by atoms with E-state index < -0.39 is 28.7 Å². The highest BCUT2D eigenvalue weighted by atomic mass is 35.5. The summed E-state index contributed by atoms with van der Waals surface area (Å²) in [6.45, 7) is 7.68. The standard InChI is InChI=1S/C32H35ClN2O5S/c1-3-5-9-19-40-31(39)26-25-16-17-32(41-25)27(26)29(37)35(24(20-36)21-10-7-6-8-11-21)28(32)30(38)34(18-4-2)23-14-12-22(33)13-15-23/h3-4,6-8,10-15,24-28,36H,1-2,5,9,16-20H2/t24-,25-,26+,27+,28?,32?/m1/s1. The van der Waals surface area contributed by atoms with Crippen molar-refractivity contribution in [1.29, 1.82) is 0 Å². The molecular formula is C32H35ClN2O5S. The summed E-state index contributed by atoms with van der Waals surface area (Å²) in [5.74, 6) is -2.32. The van der Waals surface area contributed by atoms with Crippen LogP contribution < -0.4 is 4.90 Å². The molecule has 3 aliphatic rings. The van der Waals surface area contributed by atoms with Crippen molar-refractivity contribution in [3.05, 3.63) is 90.5 Å². The number of hydrogen-bond acceptors (Lipinski definition) is 6. The molecule has 3 fully saturated rings. The fraction of sp³-hybridized carbons (Fsp3) is 0.406. The summed E-state index contributed by atoms with van der Waals surface area (Å²) >= 11 is 7.71. The predicted octanol–water partition coefficient (Wildman–Crippen LogP) is 5.19. The van der Waals surface area contributed by atoms with E-state index in [0.717, 1.165) is 12.0 Å². The number of anilines is 1. The Balaban J connectivity index is 1.58. The lowest BCUT2D eigenvalue weighted by molar-refractivity contribution is -0.154. The Morgan fingerprint density at radius 1 is 1.17 bits per heavy atom. The number of carbonyl (C=O) groups is 3. The second-order valence-corrected chi connectivity index (χ2v) is 12.8. The zero-order valence-corrected chi connectivity index (χ0v) is 24.4. The van der Waals surface area contributed by atoms with E-state index in [1.54, 1.807) is 58.0 Å². The summed E-state index contributed by atoms with van der Waals surface area (Å²) < 4.78 is 4.84. The van der Waals surface area contributed by atoms with E-state index in [4.69, 9.17) is 16.3 Å². The molecule has 1 N–H and O–H groups in total. The van der Waals surface area contributed by atoms with Crippen molar-refractivity contribution in [3.63, 3.8) is 0 Å². The van der Waals surface area contributed by atoms with Crippen molar-refractivity contribution in [3.8, 4) is 0 Å². The Morgan fingerprint density at radius 2 is 1.90 bits per heavy atom. The number of ether oxygens (including phenoxy) is 1. The van der Waals surface area contributed by atoms with Gasteiger partial charge in [0, 0.05) is 22.5 Å². The van der Waals surface area contributed by atoms with Gasteiger partial charge in [-0.05, 0) is 55.5 Å². The van der Waals surface area contributed by atoms with Gasteiger partial charge in [0.2, 0.25) is 5.91 Å². The highest BCUT2D eigenvalue weighted by Crippen LogP contribution is 2.67. The first-order valence-electron chi connectivity index (χ1n) is 14.0. The molecule has 6 atom stereocenters. The van der Waals surface area contributed by atoms with E-state index >= 15 is 0 Å². The van der Waals surface area contributed by atoms with Crippen LogP contribution in [-0.2, 0) is 19.1 Å². The molecule has 2 aromatic rings. The number of amides is 2. The lowest BCUT2D eigenvalue weighted by atomic mass is 9.71. The molecule has 3 aliphatic heterocycles. The third-order valence-electron chi connectivity index (χ3n) is 8.45. The number of nitrogens with zero attached hydrogens (tertiary/aromatic N) is 2. The summed E-state index contributed by atoms with van der Waals surface area (Å²) in [6.07, 6.45) is 6.13. The largest absolute Gasteiger partial charge is 0.465 e. The van der Waals surface area contributed by atoms with Gasteiger partial charge in [-0.3, -0.25) is 14.4 Å². The zero-order chi connectivity index (χ0) is 29.1. The SMILES string of the molecule is C=CCCCOC(=O)[C@@H]1[C@H]2C(=O)N([C@H](CO)c3ccccc3)C(C(=O)N(CC=C)c3ccc(Cl)cc3)C23CC[C@H]1S3. The Kier molecular flexibility index (Phi) is 8.92. The van der Waals surface area contributed by atoms with Crippen LogP contribution in [0.3, 0.4) is 0 Å². The summed E-state index contributed by atoms with van der Waals surface area (Å²) in [4.78, 5) is 45.8. The number of benzene rings is 2. The monoisotopic (exact) mass is 594 g/mol. The molecule has 0 saturated carbocycles. The fourth-order valence-electron chi connectivity index (χ4n) is 6.72. The number of thioether (sulfide) groups is 1. The molecule has 2 amide bonds. The number of likely N-dealkylation sites (tertiary alicyclic amines) is 1. The summed E-state index contributed by atoms with van der Waals surface area (Å²) in [6, 6.07) is 14.6. The molecule has 3 heterocycles. The van der Waals surface area contributed by atoms with Gasteiger partial charge in [0.15, 0.2) is 0 Å². The number of hydrogen-bond donors (Lipinski definition) is 1. The van der Waals surface area contributed by atoms with E-state index in [0.29, 0.717) is 30.0 Å². The van der Waals surface area contributed by atoms with Gasteiger partial charge in [-0.2, -0.15) is 0 Å². The minimum atomic E-state index is -0.901. The van der Waals surface area contributed by atoms with Crippen molar-refractivity contribution in [2.75, 3.05) is 24.7 Å². The molecule has 216 valence electrons. The molecular weight excluding hydrogens is 560 g/mol. The highest BCUT2D eigenvalue weighted by molar-refractivity contribution is 8.02. The van der Waals surface area contributed by atoms with Crippen molar-refractivity contribution < 1.29 is 24.2 Å². The van der Waals surface area contributed by atoms with Gasteiger partial charge in [0.1, 0.15) is 6.04 Å². The Bertz CT molecular complexity index is 1300. The Morgan fingerprint density at radius 3 is 2.56 bits per heavy atom. The number of aliphatic hydroxyl groups excluding tert-OH is 1. The van der Waals surface area contributed by atoms with Crippen LogP contribution >= 0.6 is 23.4 Å². The van der Waals surface area contributed by atoms with Gasteiger partial charge in [0.25, 0.3) is 5.91 Å². The maximum absolute atomic E-state index is 14.7. The molecule has 0 aliphatic carbocycles. The number of aliphatic hydroxyl groups is 1. The number of halogens is 1. The maximum atomic E-state index is 14.7. The minimum Gasteiger partial charge on any atom is -0.465 e. The number of carbonyl (C=O) groups excluding carboxylic acids is 3. The molecule has 0 aromatic heterocycles. The normalized spacial score (nSPS) is 26.9. The molecule has 5 rings (SSSR count). The fourth-order valence-corrected chi connectivity index (χ4v) is 9.03. The molecule has 1 spiro atoms. The average molecular weight is 595 g/mol. The molecule has 3 saturated heterocycles. The molecule has 0 radical (unpaired) electrons. The predicted molar refractivity (Wildman–Crippen MR) is 162 cm³/mol. The van der Waals surface area contributed by atoms with Crippen molar-refractivity contribution in [1.82, 2.24) is 4.90 Å². The van der Waals surface area contributed by atoms with Crippen LogP contribution in [0.2, 0.25) is 5.02 Å². The van der Waals surface area contributed by atoms with Crippen molar-refractivity contribution in [2.45, 2.75) is 47.8 Å². The minimum absolute atomic E-state index is 0.110. The van der Waals surface area contributed by atoms with Crippen LogP contribution in [-0.4, -0.2) is 63.6 Å². The smallest absolute Gasteiger partial charge is 0.310 e. The molecule has 9 heteroatoms. The molecule has 2 aromatic carbocycles. The van der Waals surface area contributed by atoms with Crippen LogP contribution in [0.4, 0.5) is 5.69 Å². The van der Waals surface area contributed by atoms with Gasteiger partial charge < -0.3 is 19.6 Å². The molecule has 2 unspecified atom stereocenters. The lowest BCUT2D eigenvalue weighted by Crippen LogP contribution is -2.56. The van der Waals surface area contributed by atoms with Crippen LogP contribution in [0.25, 0.3) is 0 Å². The molecule has 7 nitrogen and oxygen atoms in total. The van der Waals surface area contributed by atoms with Crippen molar-refractivity contribution in [2.24, 2.45) is 11.8 Å². The summed E-state index contributed by atoms with van der Waals surface area (Å²) in [5.41, 5.74) is 1.35. The first-order valence-corrected chi connectivity index (χ1v) is 15.2. The van der Waals surface area contributed by atoms with Gasteiger partial charge >= 0.3 is 5.97 Å². The van der Waals surface area contributed by atoms with Gasteiger partial charge in [-0.1, -0.05) is 54.1 Å². The Hall–Kier alpha value is -3.07. The zero-order valence-electron chi connectivity index (χ0n) is 22.9. The second kappa shape index (κ2) is 12.4. The van der Waals surface area contributed by atoms with E-state index in [2.05, 4.69) is 13.2 Å². The first-order chi connectivity index (χ1) is 19.9. The maximum Gasteiger partial charge on any atom is 0.310 e. The lowest BCUT2D eigenvalue weighted by Gasteiger charge is -2.39. The third kappa shape index (κ3) is 5.22. The van der Waals surface area contributed by atoms with E-state index in [9.17, 15) is 19.5 Å². The van der Waals surface area contributed by atoms with Crippen molar-refractivity contribution >= 4 is 46.8 Å². The van der Waals surface area contributed by atoms with E-state index in [-0.39, 0.29) is 42.8 Å². The number of rotatable bonds is 12. The number of unbranched alkanes of at least 4 members (excludes halogenated alkanes) is 1. The Labute approximate surface area is 250 Å². The van der Waals surface area contributed by atoms with E-state index in [1.807, 2.05) is 30.3 Å². The number of esters is 1. The quantitative estimate of drug-likeness (QED) is 0.207. The molecule has 41 heavy (non-hydrogen) atoms. The average Bonchev–Trinajstić information content (AvgIpc) is 3.63. The molecule has 2 bridgehead atoms. The van der Waals surface area contributed by atoms with Crippen LogP contribution in [0.1, 0.15) is 37.3 Å². The second-order valence-electron chi connectivity index (χ2n) is 10.7. The van der Waals surface area contributed by atoms with Crippen LogP contribution in [0.15, 0.2) is 79.9 Å². The van der Waals surface area contributed by atoms with Gasteiger partial charge in [-0.15, -0.1) is 24.9 Å². The first kappa shape index (κ1) is 29.4. The highest BCUT2D eigenvalue weighted by Gasteiger charge is 2.75. The summed E-state index contributed by atoms with van der Waals surface area (Å²) in [7, 11) is 0. The summed E-state index contributed by atoms with van der Waals surface area (Å²) in [5, 5.41) is 11.1. The van der Waals surface area contributed by atoms with E-state index in [1.165, 1.54) is 0 Å². The van der Waals surface area contributed by atoms with Crippen LogP contribution in [0.5, 0.6) is 0 Å².